The van der Waals surface area contributed by atoms with Crippen LogP contribution in [-0.4, -0.2) is 42.1 Å². The number of carbonyl (C=O) groups excluding carboxylic acids is 2. The van der Waals surface area contributed by atoms with Crippen LogP contribution in [-0.2, 0) is 22.6 Å². The molecule has 0 fully saturated rings. The summed E-state index contributed by atoms with van der Waals surface area (Å²) in [5.74, 6) is -1.09. The van der Waals surface area contributed by atoms with E-state index >= 15 is 0 Å². The molecule has 0 unspecified atom stereocenters. The number of aliphatic hydroxyl groups is 1. The average Bonchev–Trinajstić information content (AvgIpc) is 2.94. The number of aliphatic imine (C=N–C) groups is 1. The van der Waals surface area contributed by atoms with Crippen molar-refractivity contribution in [2.45, 2.75) is 44.2 Å². The Balaban J connectivity index is 1.72. The molecule has 0 bridgehead atoms. The highest BCUT2D eigenvalue weighted by Crippen LogP contribution is 2.25. The number of carbonyl (C=O) groups is 2. The minimum atomic E-state index is -0.754. The molecule has 1 atom stereocenters. The number of amides is 2. The zero-order chi connectivity index (χ0) is 27.2. The number of aliphatic hydroxyl groups excluding tert-OH is 1. The lowest BCUT2D eigenvalue weighted by Gasteiger charge is -2.23. The number of hydrogen-bond donors (Lipinski definition) is 5. The number of benzene rings is 3. The zero-order valence-electron chi connectivity index (χ0n) is 21.6. The summed E-state index contributed by atoms with van der Waals surface area (Å²) in [5, 5.41) is 15.0. The number of nitrogens with zero attached hydrogens (tertiary/aromatic N) is 1. The van der Waals surface area contributed by atoms with Gasteiger partial charge >= 0.3 is 0 Å². The van der Waals surface area contributed by atoms with Gasteiger partial charge in [0.2, 0.25) is 11.8 Å². The Labute approximate surface area is 224 Å². The van der Waals surface area contributed by atoms with Crippen molar-refractivity contribution in [2.75, 3.05) is 13.2 Å². The van der Waals surface area contributed by atoms with E-state index in [2.05, 4.69) is 15.6 Å². The second-order valence-electron chi connectivity index (χ2n) is 9.13. The Hall–Kier alpha value is -4.17. The molecule has 200 valence electrons. The number of guanidine groups is 1. The van der Waals surface area contributed by atoms with Crippen molar-refractivity contribution >= 4 is 17.8 Å². The topological polar surface area (TPSA) is 143 Å². The molecule has 0 aliphatic carbocycles. The van der Waals surface area contributed by atoms with Crippen LogP contribution < -0.4 is 22.1 Å². The summed E-state index contributed by atoms with van der Waals surface area (Å²) in [5.41, 5.74) is 14.6. The molecule has 0 aromatic heterocycles. The van der Waals surface area contributed by atoms with E-state index in [-0.39, 0.29) is 24.4 Å². The van der Waals surface area contributed by atoms with Gasteiger partial charge in [0.25, 0.3) is 0 Å². The zero-order valence-corrected chi connectivity index (χ0v) is 21.6. The van der Waals surface area contributed by atoms with E-state index in [0.29, 0.717) is 32.4 Å². The molecule has 0 saturated heterocycles. The number of rotatable bonds is 14. The quantitative estimate of drug-likeness (QED) is 0.127. The van der Waals surface area contributed by atoms with Crippen LogP contribution in [0.4, 0.5) is 0 Å². The van der Waals surface area contributed by atoms with E-state index in [1.807, 2.05) is 84.9 Å². The van der Waals surface area contributed by atoms with Crippen LogP contribution in [0.25, 0.3) is 0 Å². The van der Waals surface area contributed by atoms with Crippen molar-refractivity contribution in [1.29, 1.82) is 0 Å². The van der Waals surface area contributed by atoms with Gasteiger partial charge in [0.15, 0.2) is 5.96 Å². The van der Waals surface area contributed by atoms with Gasteiger partial charge in [0.05, 0.1) is 5.92 Å². The SMILES string of the molecule is NC(N)=NCCC[C@@H](NC(=O)C(c1ccccc1)c1ccccc1)C(=O)NCc1ccc(CCCO)cc1. The molecule has 0 aliphatic rings. The van der Waals surface area contributed by atoms with Crippen LogP contribution in [0.2, 0.25) is 0 Å². The van der Waals surface area contributed by atoms with Crippen molar-refractivity contribution in [2.24, 2.45) is 16.5 Å². The van der Waals surface area contributed by atoms with Crippen molar-refractivity contribution in [3.8, 4) is 0 Å². The molecule has 0 saturated carbocycles. The molecule has 8 nitrogen and oxygen atoms in total. The molecule has 0 heterocycles. The van der Waals surface area contributed by atoms with Gasteiger partial charge in [-0.15, -0.1) is 0 Å². The van der Waals surface area contributed by atoms with Crippen molar-refractivity contribution in [3.05, 3.63) is 107 Å². The van der Waals surface area contributed by atoms with E-state index in [1.54, 1.807) is 0 Å². The molecule has 3 rings (SSSR count). The van der Waals surface area contributed by atoms with Gasteiger partial charge in [-0.05, 0) is 47.9 Å². The molecule has 0 aliphatic heterocycles. The van der Waals surface area contributed by atoms with Gasteiger partial charge in [-0.2, -0.15) is 0 Å². The van der Waals surface area contributed by atoms with E-state index in [1.165, 1.54) is 0 Å². The van der Waals surface area contributed by atoms with Crippen LogP contribution in [0, 0.1) is 0 Å². The van der Waals surface area contributed by atoms with Crippen LogP contribution in [0.3, 0.4) is 0 Å². The lowest BCUT2D eigenvalue weighted by molar-refractivity contribution is -0.129. The first-order chi connectivity index (χ1) is 18.5. The largest absolute Gasteiger partial charge is 0.396 e. The Morgan fingerprint density at radius 1 is 0.789 bits per heavy atom. The normalized spacial score (nSPS) is 11.5. The molecule has 8 heteroatoms. The first-order valence-corrected chi connectivity index (χ1v) is 12.9. The Morgan fingerprint density at radius 2 is 1.37 bits per heavy atom. The fraction of sp³-hybridized carbons (Fsp3) is 0.300. The van der Waals surface area contributed by atoms with Crippen molar-refractivity contribution in [3.63, 3.8) is 0 Å². The lowest BCUT2D eigenvalue weighted by Crippen LogP contribution is -2.48. The summed E-state index contributed by atoms with van der Waals surface area (Å²) in [6.45, 7) is 0.849. The molecule has 38 heavy (non-hydrogen) atoms. The standard InChI is InChI=1S/C30H37N5O3/c31-30(32)33-19-7-14-26(28(37)34-21-23-17-15-22(16-18-23)9-8-20-36)35-29(38)27(24-10-3-1-4-11-24)25-12-5-2-6-13-25/h1-6,10-13,15-18,26-27,36H,7-9,14,19-21H2,(H,34,37)(H,35,38)(H4,31,32,33)/t26-/m1/s1. The summed E-state index contributed by atoms with van der Waals surface area (Å²) in [4.78, 5) is 30.9. The van der Waals surface area contributed by atoms with Crippen LogP contribution in [0.1, 0.15) is 47.4 Å². The Kier molecular flexibility index (Phi) is 11.3. The molecule has 7 N–H and O–H groups in total. The maximum absolute atomic E-state index is 13.6. The summed E-state index contributed by atoms with van der Waals surface area (Å²) < 4.78 is 0. The first kappa shape index (κ1) is 28.4. The van der Waals surface area contributed by atoms with Crippen LogP contribution >= 0.6 is 0 Å². The molecule has 0 spiro atoms. The molecular formula is C30H37N5O3. The Morgan fingerprint density at radius 3 is 1.92 bits per heavy atom. The van der Waals surface area contributed by atoms with Gasteiger partial charge in [-0.3, -0.25) is 14.6 Å². The summed E-state index contributed by atoms with van der Waals surface area (Å²) in [6.07, 6.45) is 2.42. The van der Waals surface area contributed by atoms with E-state index in [9.17, 15) is 9.59 Å². The molecule has 3 aromatic carbocycles. The minimum absolute atomic E-state index is 0.00862. The number of nitrogens with one attached hydrogen (secondary N) is 2. The summed E-state index contributed by atoms with van der Waals surface area (Å²) in [6, 6.07) is 26.2. The van der Waals surface area contributed by atoms with Gasteiger partial charge in [-0.25, -0.2) is 0 Å². The predicted molar refractivity (Wildman–Crippen MR) is 150 cm³/mol. The highest BCUT2D eigenvalue weighted by Gasteiger charge is 2.27. The molecule has 2 amide bonds. The second kappa shape index (κ2) is 15.2. The number of aryl methyl sites for hydroxylation is 1. The molecular weight excluding hydrogens is 478 g/mol. The van der Waals surface area contributed by atoms with E-state index in [0.717, 1.165) is 28.7 Å². The number of nitrogens with two attached hydrogens (primary N) is 2. The van der Waals surface area contributed by atoms with Crippen molar-refractivity contribution < 1.29 is 14.7 Å². The average molecular weight is 516 g/mol. The Bertz CT molecular complexity index is 1120. The smallest absolute Gasteiger partial charge is 0.242 e. The predicted octanol–water partition coefficient (Wildman–Crippen LogP) is 2.60. The van der Waals surface area contributed by atoms with Crippen LogP contribution in [0.15, 0.2) is 89.9 Å². The van der Waals surface area contributed by atoms with Crippen LogP contribution in [0.5, 0.6) is 0 Å². The van der Waals surface area contributed by atoms with Gasteiger partial charge in [-0.1, -0.05) is 84.9 Å². The minimum Gasteiger partial charge on any atom is -0.396 e. The van der Waals surface area contributed by atoms with Gasteiger partial charge in [0, 0.05) is 19.7 Å². The summed E-state index contributed by atoms with van der Waals surface area (Å²) >= 11 is 0. The first-order valence-electron chi connectivity index (χ1n) is 12.9. The fourth-order valence-electron chi connectivity index (χ4n) is 4.23. The second-order valence-corrected chi connectivity index (χ2v) is 9.13. The lowest BCUT2D eigenvalue weighted by atomic mass is 9.90. The third-order valence-electron chi connectivity index (χ3n) is 6.22. The number of hydrogen-bond acceptors (Lipinski definition) is 4. The maximum atomic E-state index is 13.6. The third kappa shape index (κ3) is 9.05. The van der Waals surface area contributed by atoms with E-state index < -0.39 is 12.0 Å². The molecule has 3 aromatic rings. The molecule has 0 radical (unpaired) electrons. The fourth-order valence-corrected chi connectivity index (χ4v) is 4.23. The van der Waals surface area contributed by atoms with Crippen molar-refractivity contribution in [1.82, 2.24) is 10.6 Å². The highest BCUT2D eigenvalue weighted by molar-refractivity contribution is 5.92. The highest BCUT2D eigenvalue weighted by atomic mass is 16.3. The van der Waals surface area contributed by atoms with Gasteiger partial charge in [0.1, 0.15) is 6.04 Å². The summed E-state index contributed by atoms with van der Waals surface area (Å²) in [7, 11) is 0. The monoisotopic (exact) mass is 515 g/mol. The third-order valence-corrected chi connectivity index (χ3v) is 6.22. The van der Waals surface area contributed by atoms with Gasteiger partial charge < -0.3 is 27.2 Å². The maximum Gasteiger partial charge on any atom is 0.242 e. The van der Waals surface area contributed by atoms with E-state index in [4.69, 9.17) is 16.6 Å².